The van der Waals surface area contributed by atoms with Gasteiger partial charge in [0.15, 0.2) is 0 Å². The second kappa shape index (κ2) is 14.0. The topological polar surface area (TPSA) is 93.1 Å². The number of rotatable bonds is 14. The number of benzene rings is 2. The maximum absolute atomic E-state index is 15.3. The SMILES string of the molecule is C=C(C(=O)OCC(COC(=O)C(=C)C(C)(C)O)c1ccc(-c2ccc(CCCCC)cc2)c(F)c1)C(C)O. The number of hydrogen-bond acceptors (Lipinski definition) is 6. The molecule has 206 valence electrons. The van der Waals surface area contributed by atoms with Crippen LogP contribution in [0.4, 0.5) is 4.39 Å². The first-order chi connectivity index (χ1) is 17.8. The van der Waals surface area contributed by atoms with Crippen molar-refractivity contribution in [1.29, 1.82) is 0 Å². The molecule has 2 aromatic carbocycles. The van der Waals surface area contributed by atoms with Crippen LogP contribution in [0.15, 0.2) is 66.8 Å². The Balaban J connectivity index is 2.23. The lowest BCUT2D eigenvalue weighted by molar-refractivity contribution is -0.144. The van der Waals surface area contributed by atoms with Crippen LogP contribution in [0.25, 0.3) is 11.1 Å². The Bertz CT molecular complexity index is 1130. The number of hydrogen-bond donors (Lipinski definition) is 2. The molecule has 0 aromatic heterocycles. The number of carbonyl (C=O) groups excluding carboxylic acids is 2. The van der Waals surface area contributed by atoms with E-state index in [0.717, 1.165) is 24.8 Å². The maximum Gasteiger partial charge on any atom is 0.336 e. The van der Waals surface area contributed by atoms with Gasteiger partial charge in [-0.25, -0.2) is 14.0 Å². The molecule has 38 heavy (non-hydrogen) atoms. The summed E-state index contributed by atoms with van der Waals surface area (Å²) in [7, 11) is 0. The van der Waals surface area contributed by atoms with Crippen molar-refractivity contribution in [2.45, 2.75) is 71.0 Å². The first-order valence-electron chi connectivity index (χ1n) is 12.9. The van der Waals surface area contributed by atoms with E-state index in [1.807, 2.05) is 24.3 Å². The molecule has 2 N–H and O–H groups in total. The van der Waals surface area contributed by atoms with E-state index in [1.165, 1.54) is 38.8 Å². The average molecular weight is 527 g/mol. The normalized spacial score (nSPS) is 12.9. The van der Waals surface area contributed by atoms with Crippen molar-refractivity contribution in [2.75, 3.05) is 13.2 Å². The van der Waals surface area contributed by atoms with Crippen LogP contribution in [0.5, 0.6) is 0 Å². The van der Waals surface area contributed by atoms with Gasteiger partial charge >= 0.3 is 11.9 Å². The summed E-state index contributed by atoms with van der Waals surface area (Å²) in [6, 6.07) is 12.4. The number of halogens is 1. The number of ether oxygens (including phenoxy) is 2. The summed E-state index contributed by atoms with van der Waals surface area (Å²) >= 11 is 0. The number of aliphatic hydroxyl groups excluding tert-OH is 1. The fraction of sp³-hybridized carbons (Fsp3) is 0.419. The van der Waals surface area contributed by atoms with Gasteiger partial charge < -0.3 is 19.7 Å². The fourth-order valence-corrected chi connectivity index (χ4v) is 3.64. The number of aryl methyl sites for hydroxylation is 1. The third-order valence-corrected chi connectivity index (χ3v) is 6.38. The highest BCUT2D eigenvalue weighted by molar-refractivity contribution is 5.90. The van der Waals surface area contributed by atoms with Crippen molar-refractivity contribution in [3.8, 4) is 11.1 Å². The van der Waals surface area contributed by atoms with E-state index in [4.69, 9.17) is 9.47 Å². The molecule has 2 unspecified atom stereocenters. The lowest BCUT2D eigenvalue weighted by Crippen LogP contribution is -2.29. The van der Waals surface area contributed by atoms with Crippen molar-refractivity contribution in [2.24, 2.45) is 0 Å². The largest absolute Gasteiger partial charge is 0.461 e. The summed E-state index contributed by atoms with van der Waals surface area (Å²) in [6.45, 7) is 12.9. The molecule has 0 aliphatic heterocycles. The minimum Gasteiger partial charge on any atom is -0.461 e. The minimum absolute atomic E-state index is 0.129. The van der Waals surface area contributed by atoms with Crippen LogP contribution in [0.3, 0.4) is 0 Å². The molecule has 0 aliphatic carbocycles. The highest BCUT2D eigenvalue weighted by Crippen LogP contribution is 2.28. The standard InChI is InChI=1S/C31H39FO6/c1-7-8-9-10-23-11-13-24(14-12-23)27-16-15-25(17-28(27)32)26(18-37-29(34)20(2)22(4)33)19-38-30(35)21(3)31(5,6)36/h11-17,22,26,33,36H,2-3,7-10,18-19H2,1,4-6H3. The Labute approximate surface area is 224 Å². The summed E-state index contributed by atoms with van der Waals surface area (Å²) in [5.41, 5.74) is 1.05. The van der Waals surface area contributed by atoms with Gasteiger partial charge in [-0.2, -0.15) is 0 Å². The summed E-state index contributed by atoms with van der Waals surface area (Å²) in [5, 5.41) is 19.6. The van der Waals surface area contributed by atoms with Gasteiger partial charge in [-0.05, 0) is 56.4 Å². The Hall–Kier alpha value is -3.29. The van der Waals surface area contributed by atoms with E-state index in [-0.39, 0.29) is 24.4 Å². The van der Waals surface area contributed by atoms with Gasteiger partial charge in [-0.1, -0.05) is 69.3 Å². The Morgan fingerprint density at radius 1 is 1.00 bits per heavy atom. The lowest BCUT2D eigenvalue weighted by Gasteiger charge is -2.22. The first kappa shape index (κ1) is 30.9. The van der Waals surface area contributed by atoms with Gasteiger partial charge in [0.2, 0.25) is 0 Å². The van der Waals surface area contributed by atoms with Gasteiger partial charge in [0.05, 0.1) is 28.8 Å². The van der Waals surface area contributed by atoms with Gasteiger partial charge in [0.1, 0.15) is 19.0 Å². The molecule has 2 atom stereocenters. The second-order valence-electron chi connectivity index (χ2n) is 10.0. The number of esters is 2. The van der Waals surface area contributed by atoms with Crippen molar-refractivity contribution in [3.63, 3.8) is 0 Å². The Morgan fingerprint density at radius 3 is 2.13 bits per heavy atom. The molecule has 2 rings (SSSR count). The Morgan fingerprint density at radius 2 is 1.61 bits per heavy atom. The van der Waals surface area contributed by atoms with Crippen molar-refractivity contribution >= 4 is 11.9 Å². The van der Waals surface area contributed by atoms with E-state index in [1.54, 1.807) is 12.1 Å². The van der Waals surface area contributed by atoms with Gasteiger partial charge in [0.25, 0.3) is 0 Å². The average Bonchev–Trinajstić information content (AvgIpc) is 2.87. The predicted molar refractivity (Wildman–Crippen MR) is 146 cm³/mol. The van der Waals surface area contributed by atoms with Crippen molar-refractivity contribution < 1.29 is 33.7 Å². The van der Waals surface area contributed by atoms with Crippen molar-refractivity contribution in [3.05, 3.63) is 83.7 Å². The van der Waals surface area contributed by atoms with E-state index in [0.29, 0.717) is 11.1 Å². The first-order valence-corrected chi connectivity index (χ1v) is 12.9. The van der Waals surface area contributed by atoms with Crippen molar-refractivity contribution in [1.82, 2.24) is 0 Å². The van der Waals surface area contributed by atoms with Gasteiger partial charge in [-0.3, -0.25) is 0 Å². The van der Waals surface area contributed by atoms with Crippen LogP contribution in [-0.2, 0) is 25.5 Å². The highest BCUT2D eigenvalue weighted by atomic mass is 19.1. The van der Waals surface area contributed by atoms with E-state index < -0.39 is 35.4 Å². The fourth-order valence-electron chi connectivity index (χ4n) is 3.64. The highest BCUT2D eigenvalue weighted by Gasteiger charge is 2.27. The molecule has 0 saturated heterocycles. The van der Waals surface area contributed by atoms with Gasteiger partial charge in [-0.15, -0.1) is 0 Å². The molecule has 7 heteroatoms. The lowest BCUT2D eigenvalue weighted by atomic mass is 9.95. The Kier molecular flexibility index (Phi) is 11.4. The van der Waals surface area contributed by atoms with Crippen LogP contribution >= 0.6 is 0 Å². The van der Waals surface area contributed by atoms with E-state index in [9.17, 15) is 19.8 Å². The number of aliphatic hydroxyl groups is 2. The molecule has 0 fully saturated rings. The molecule has 0 aliphatic rings. The van der Waals surface area contributed by atoms with Crippen LogP contribution in [0.2, 0.25) is 0 Å². The molecule has 0 amide bonds. The molecule has 0 bridgehead atoms. The zero-order valence-corrected chi connectivity index (χ0v) is 22.8. The van der Waals surface area contributed by atoms with E-state index >= 15 is 4.39 Å². The summed E-state index contributed by atoms with van der Waals surface area (Å²) in [5.74, 6) is -2.83. The quantitative estimate of drug-likeness (QED) is 0.187. The van der Waals surface area contributed by atoms with Crippen LogP contribution < -0.4 is 0 Å². The predicted octanol–water partition coefficient (Wildman–Crippen LogP) is 5.66. The zero-order chi connectivity index (χ0) is 28.5. The molecular weight excluding hydrogens is 487 g/mol. The van der Waals surface area contributed by atoms with E-state index in [2.05, 4.69) is 20.1 Å². The second-order valence-corrected chi connectivity index (χ2v) is 10.0. The third-order valence-electron chi connectivity index (χ3n) is 6.38. The number of carbonyl (C=O) groups is 2. The summed E-state index contributed by atoms with van der Waals surface area (Å²) in [6.07, 6.45) is 3.32. The molecule has 0 radical (unpaired) electrons. The van der Waals surface area contributed by atoms with Gasteiger partial charge in [0, 0.05) is 5.56 Å². The van der Waals surface area contributed by atoms with Crippen LogP contribution in [-0.4, -0.2) is 47.1 Å². The summed E-state index contributed by atoms with van der Waals surface area (Å²) < 4.78 is 25.8. The minimum atomic E-state index is -1.48. The third kappa shape index (κ3) is 8.92. The molecule has 0 saturated carbocycles. The maximum atomic E-state index is 15.3. The zero-order valence-electron chi connectivity index (χ0n) is 22.8. The van der Waals surface area contributed by atoms with Crippen LogP contribution in [0, 0.1) is 5.82 Å². The molecule has 2 aromatic rings. The molecular formula is C31H39FO6. The monoisotopic (exact) mass is 526 g/mol. The molecule has 6 nitrogen and oxygen atoms in total. The molecule has 0 heterocycles. The smallest absolute Gasteiger partial charge is 0.336 e. The van der Waals surface area contributed by atoms with Crippen LogP contribution in [0.1, 0.15) is 64.0 Å². The summed E-state index contributed by atoms with van der Waals surface area (Å²) in [4.78, 5) is 24.6. The molecule has 0 spiro atoms. The number of unbranched alkanes of at least 4 members (excludes halogenated alkanes) is 2.